The normalized spacial score (nSPS) is 29.4. The first-order valence-corrected chi connectivity index (χ1v) is 10.3. The van der Waals surface area contributed by atoms with E-state index in [2.05, 4.69) is 10.6 Å². The van der Waals surface area contributed by atoms with Gasteiger partial charge in [0.05, 0.1) is 37.6 Å². The first kappa shape index (κ1) is 19.9. The zero-order valence-electron chi connectivity index (χ0n) is 17.0. The monoisotopic (exact) mass is 400 g/mol. The van der Waals surface area contributed by atoms with Crippen molar-refractivity contribution in [3.8, 4) is 0 Å². The van der Waals surface area contributed by atoms with Crippen molar-refractivity contribution in [2.75, 3.05) is 26.1 Å². The number of methoxy groups -OCH3 is 2. The summed E-state index contributed by atoms with van der Waals surface area (Å²) in [6, 6.07) is 4.38. The Morgan fingerprint density at radius 1 is 0.966 bits per heavy atom. The van der Waals surface area contributed by atoms with Crippen LogP contribution in [0.25, 0.3) is 0 Å². The van der Waals surface area contributed by atoms with E-state index in [1.165, 1.54) is 51.7 Å². The summed E-state index contributed by atoms with van der Waals surface area (Å²) in [5, 5.41) is 6.31. The van der Waals surface area contributed by atoms with Crippen molar-refractivity contribution in [1.29, 1.82) is 0 Å². The fourth-order valence-corrected chi connectivity index (χ4v) is 5.97. The highest BCUT2D eigenvalue weighted by Crippen LogP contribution is 2.55. The van der Waals surface area contributed by atoms with Crippen molar-refractivity contribution < 1.29 is 23.9 Å². The summed E-state index contributed by atoms with van der Waals surface area (Å²) in [6.07, 6.45) is 7.48. The van der Waals surface area contributed by atoms with Crippen LogP contribution in [0, 0.1) is 17.8 Å². The van der Waals surface area contributed by atoms with Crippen molar-refractivity contribution in [1.82, 2.24) is 5.32 Å². The van der Waals surface area contributed by atoms with E-state index < -0.39 is 11.9 Å². The van der Waals surface area contributed by atoms with Crippen LogP contribution in [0.5, 0.6) is 0 Å². The Kier molecular flexibility index (Phi) is 5.34. The standard InChI is InChI=1S/C22H28N2O5/c1-28-20(26)16-3-4-17(21(27)29-2)18(8-16)24-19(25)12-23-22-9-13-5-14(10-22)7-15(6-13)11-22/h3-4,8,13-15,23H,5-7,9-12H2,1-2H3,(H,24,25). The zero-order chi connectivity index (χ0) is 20.6. The number of carbonyl (C=O) groups is 3. The van der Waals surface area contributed by atoms with Gasteiger partial charge in [-0.05, 0) is 74.5 Å². The average Bonchev–Trinajstić information content (AvgIpc) is 2.70. The number of esters is 2. The molecule has 29 heavy (non-hydrogen) atoms. The second-order valence-electron chi connectivity index (χ2n) is 8.84. The van der Waals surface area contributed by atoms with Crippen LogP contribution < -0.4 is 10.6 Å². The summed E-state index contributed by atoms with van der Waals surface area (Å²) in [5.41, 5.74) is 0.773. The quantitative estimate of drug-likeness (QED) is 0.713. The van der Waals surface area contributed by atoms with Gasteiger partial charge in [0, 0.05) is 5.54 Å². The highest BCUT2D eigenvalue weighted by atomic mass is 16.5. The molecule has 4 aliphatic carbocycles. The fraction of sp³-hybridized carbons (Fsp3) is 0.591. The number of ether oxygens (including phenoxy) is 2. The van der Waals surface area contributed by atoms with Gasteiger partial charge in [0.15, 0.2) is 0 Å². The van der Waals surface area contributed by atoms with Gasteiger partial charge in [-0.3, -0.25) is 4.79 Å². The van der Waals surface area contributed by atoms with Crippen molar-refractivity contribution in [3.63, 3.8) is 0 Å². The van der Waals surface area contributed by atoms with Crippen LogP contribution in [-0.4, -0.2) is 44.1 Å². The summed E-state index contributed by atoms with van der Waals surface area (Å²) >= 11 is 0. The molecule has 0 atom stereocenters. The maximum Gasteiger partial charge on any atom is 0.339 e. The SMILES string of the molecule is COC(=O)c1ccc(C(=O)OC)c(NC(=O)CNC23CC4CC(CC(C4)C2)C3)c1. The molecule has 1 aromatic carbocycles. The minimum absolute atomic E-state index is 0.0745. The minimum Gasteiger partial charge on any atom is -0.465 e. The molecule has 0 radical (unpaired) electrons. The molecule has 4 bridgehead atoms. The third-order valence-corrected chi connectivity index (χ3v) is 6.78. The minimum atomic E-state index is -0.578. The molecule has 0 aliphatic heterocycles. The van der Waals surface area contributed by atoms with Crippen LogP contribution in [0.2, 0.25) is 0 Å². The topological polar surface area (TPSA) is 93.7 Å². The first-order valence-electron chi connectivity index (χ1n) is 10.3. The zero-order valence-corrected chi connectivity index (χ0v) is 17.0. The van der Waals surface area contributed by atoms with Crippen LogP contribution in [0.1, 0.15) is 59.2 Å². The molecule has 0 spiro atoms. The van der Waals surface area contributed by atoms with E-state index in [4.69, 9.17) is 9.47 Å². The lowest BCUT2D eigenvalue weighted by molar-refractivity contribution is -0.116. The molecule has 4 fully saturated rings. The molecular weight excluding hydrogens is 372 g/mol. The lowest BCUT2D eigenvalue weighted by Gasteiger charge is -2.57. The Balaban J connectivity index is 1.45. The third-order valence-electron chi connectivity index (χ3n) is 6.78. The molecule has 0 saturated heterocycles. The van der Waals surface area contributed by atoms with Crippen LogP contribution in [-0.2, 0) is 14.3 Å². The van der Waals surface area contributed by atoms with E-state index in [9.17, 15) is 14.4 Å². The molecule has 0 heterocycles. The molecule has 4 saturated carbocycles. The Hall–Kier alpha value is -2.41. The van der Waals surface area contributed by atoms with E-state index in [0.717, 1.165) is 37.0 Å². The van der Waals surface area contributed by atoms with E-state index in [1.54, 1.807) is 0 Å². The predicted octanol–water partition coefficient (Wildman–Crippen LogP) is 2.76. The number of rotatable bonds is 6. The Morgan fingerprint density at radius 3 is 2.10 bits per heavy atom. The van der Waals surface area contributed by atoms with E-state index in [0.29, 0.717) is 0 Å². The third kappa shape index (κ3) is 4.01. The fourth-order valence-electron chi connectivity index (χ4n) is 5.97. The molecule has 156 valence electrons. The summed E-state index contributed by atoms with van der Waals surface area (Å²) in [6.45, 7) is 0.176. The largest absolute Gasteiger partial charge is 0.465 e. The number of benzene rings is 1. The maximum absolute atomic E-state index is 12.7. The summed E-state index contributed by atoms with van der Waals surface area (Å²) in [4.78, 5) is 36.5. The van der Waals surface area contributed by atoms with Crippen LogP contribution in [0.15, 0.2) is 18.2 Å². The Labute approximate surface area is 170 Å². The number of hydrogen-bond acceptors (Lipinski definition) is 6. The van der Waals surface area contributed by atoms with Gasteiger partial charge < -0.3 is 20.1 Å². The molecule has 7 nitrogen and oxygen atoms in total. The molecule has 0 unspecified atom stereocenters. The second-order valence-corrected chi connectivity index (χ2v) is 8.84. The predicted molar refractivity (Wildman–Crippen MR) is 107 cm³/mol. The van der Waals surface area contributed by atoms with Gasteiger partial charge in [0.2, 0.25) is 5.91 Å². The van der Waals surface area contributed by atoms with Crippen LogP contribution in [0.3, 0.4) is 0 Å². The number of anilines is 1. The molecule has 2 N–H and O–H groups in total. The highest BCUT2D eigenvalue weighted by molar-refractivity contribution is 6.03. The van der Waals surface area contributed by atoms with Gasteiger partial charge in [0.1, 0.15) is 0 Å². The van der Waals surface area contributed by atoms with Gasteiger partial charge in [-0.1, -0.05) is 0 Å². The molecule has 4 aliphatic rings. The summed E-state index contributed by atoms with van der Waals surface area (Å²) in [7, 11) is 2.56. The molecule has 0 aromatic heterocycles. The van der Waals surface area contributed by atoms with Crippen molar-refractivity contribution in [2.45, 2.75) is 44.1 Å². The summed E-state index contributed by atoms with van der Waals surface area (Å²) in [5.74, 6) is 1.01. The van der Waals surface area contributed by atoms with Gasteiger partial charge in [-0.25, -0.2) is 9.59 Å². The number of carbonyl (C=O) groups excluding carboxylic acids is 3. The van der Waals surface area contributed by atoms with Crippen molar-refractivity contribution in [3.05, 3.63) is 29.3 Å². The molecule has 1 aromatic rings. The van der Waals surface area contributed by atoms with Gasteiger partial charge >= 0.3 is 11.9 Å². The molecule has 7 heteroatoms. The van der Waals surface area contributed by atoms with Crippen LogP contribution >= 0.6 is 0 Å². The maximum atomic E-state index is 12.7. The Morgan fingerprint density at radius 2 is 1.55 bits per heavy atom. The second kappa shape index (κ2) is 7.78. The number of hydrogen-bond donors (Lipinski definition) is 2. The summed E-state index contributed by atoms with van der Waals surface area (Å²) < 4.78 is 9.52. The van der Waals surface area contributed by atoms with E-state index in [-0.39, 0.29) is 34.8 Å². The lowest BCUT2D eigenvalue weighted by Crippen LogP contribution is -2.59. The number of amides is 1. The Bertz CT molecular complexity index is 799. The molecule has 1 amide bonds. The van der Waals surface area contributed by atoms with E-state index in [1.807, 2.05) is 0 Å². The molecular formula is C22H28N2O5. The van der Waals surface area contributed by atoms with Gasteiger partial charge in [-0.15, -0.1) is 0 Å². The van der Waals surface area contributed by atoms with Gasteiger partial charge in [-0.2, -0.15) is 0 Å². The van der Waals surface area contributed by atoms with Crippen molar-refractivity contribution in [2.24, 2.45) is 17.8 Å². The van der Waals surface area contributed by atoms with Gasteiger partial charge in [0.25, 0.3) is 0 Å². The average molecular weight is 400 g/mol. The lowest BCUT2D eigenvalue weighted by atomic mass is 9.53. The first-order chi connectivity index (χ1) is 13.9. The highest BCUT2D eigenvalue weighted by Gasteiger charge is 2.50. The number of nitrogens with one attached hydrogen (secondary N) is 2. The van der Waals surface area contributed by atoms with Crippen molar-refractivity contribution >= 4 is 23.5 Å². The van der Waals surface area contributed by atoms with E-state index >= 15 is 0 Å². The molecule has 5 rings (SSSR count). The van der Waals surface area contributed by atoms with Crippen LogP contribution in [0.4, 0.5) is 5.69 Å². The smallest absolute Gasteiger partial charge is 0.339 e.